The van der Waals surface area contributed by atoms with E-state index < -0.39 is 0 Å². The van der Waals surface area contributed by atoms with Crippen molar-refractivity contribution in [2.45, 2.75) is 29.7 Å². The molecule has 2 heterocycles. The molecule has 2 atom stereocenters. The van der Waals surface area contributed by atoms with Gasteiger partial charge in [0.05, 0.1) is 11.1 Å². The van der Waals surface area contributed by atoms with Crippen molar-refractivity contribution < 1.29 is 4.74 Å². The van der Waals surface area contributed by atoms with Crippen LogP contribution in [0.5, 0.6) is 0 Å². The van der Waals surface area contributed by atoms with Crippen molar-refractivity contribution in [3.05, 3.63) is 22.8 Å². The summed E-state index contributed by atoms with van der Waals surface area (Å²) in [7, 11) is 0. The molecule has 2 unspecified atom stereocenters. The number of nitrogen functional groups attached to an aromatic ring is 1. The Hall–Kier alpha value is -0.780. The van der Waals surface area contributed by atoms with Gasteiger partial charge in [0, 0.05) is 23.6 Å². The molecule has 1 aliphatic heterocycles. The summed E-state index contributed by atoms with van der Waals surface area (Å²) >= 11 is 7.78. The van der Waals surface area contributed by atoms with Crippen LogP contribution in [0.2, 0.25) is 5.02 Å². The lowest BCUT2D eigenvalue weighted by Crippen LogP contribution is -2.15. The fourth-order valence-corrected chi connectivity index (χ4v) is 3.18. The zero-order valence-electron chi connectivity index (χ0n) is 9.44. The molecule has 0 saturated carbocycles. The number of halogens is 1. The Morgan fingerprint density at radius 1 is 1.71 bits per heavy atom. The van der Waals surface area contributed by atoms with Gasteiger partial charge in [-0.05, 0) is 19.4 Å². The number of pyridine rings is 1. The molecular formula is C11H14ClN3OS. The number of rotatable bonds is 3. The Morgan fingerprint density at radius 3 is 3.06 bits per heavy atom. The number of thioether (sulfide) groups is 1. The van der Waals surface area contributed by atoms with Gasteiger partial charge < -0.3 is 10.5 Å². The molecule has 1 aromatic heterocycles. The molecule has 92 valence electrons. The normalized spacial score (nSPS) is 23.9. The number of hydrogen-bond acceptors (Lipinski definition) is 4. The number of nitrogens with one attached hydrogen (secondary N) is 1. The third-order valence-corrected chi connectivity index (χ3v) is 4.67. The number of nitrogens with two attached hydrogens (primary N) is 1. The lowest BCUT2D eigenvalue weighted by molar-refractivity contribution is 0.127. The second-order valence-corrected chi connectivity index (χ2v) is 5.52. The van der Waals surface area contributed by atoms with E-state index in [1.54, 1.807) is 24.0 Å². The Bertz CT molecular complexity index is 441. The van der Waals surface area contributed by atoms with Crippen molar-refractivity contribution in [2.75, 3.05) is 6.61 Å². The van der Waals surface area contributed by atoms with Crippen LogP contribution in [0.3, 0.4) is 0 Å². The van der Waals surface area contributed by atoms with E-state index in [9.17, 15) is 0 Å². The highest BCUT2D eigenvalue weighted by Gasteiger charge is 2.26. The molecular weight excluding hydrogens is 258 g/mol. The molecule has 1 fully saturated rings. The summed E-state index contributed by atoms with van der Waals surface area (Å²) in [4.78, 5) is 4.24. The Labute approximate surface area is 109 Å². The summed E-state index contributed by atoms with van der Waals surface area (Å²) in [6.07, 6.45) is 2.83. The van der Waals surface area contributed by atoms with E-state index >= 15 is 0 Å². The summed E-state index contributed by atoms with van der Waals surface area (Å²) in [5, 5.41) is 8.98. The number of ether oxygens (including phenoxy) is 1. The Morgan fingerprint density at radius 2 is 2.47 bits per heavy atom. The lowest BCUT2D eigenvalue weighted by atomic mass is 10.2. The smallest absolute Gasteiger partial charge is 0.124 e. The van der Waals surface area contributed by atoms with Crippen LogP contribution < -0.4 is 5.73 Å². The minimum absolute atomic E-state index is 0.0324. The van der Waals surface area contributed by atoms with Crippen molar-refractivity contribution in [3.8, 4) is 0 Å². The van der Waals surface area contributed by atoms with Gasteiger partial charge >= 0.3 is 0 Å². The van der Waals surface area contributed by atoms with Gasteiger partial charge in [0.1, 0.15) is 10.9 Å². The minimum atomic E-state index is -0.0324. The van der Waals surface area contributed by atoms with Gasteiger partial charge in [0.25, 0.3) is 0 Å². The van der Waals surface area contributed by atoms with Gasteiger partial charge in [-0.1, -0.05) is 23.4 Å². The largest absolute Gasteiger partial charge is 0.384 e. The fourth-order valence-electron chi connectivity index (χ4n) is 1.72. The first kappa shape index (κ1) is 12.7. The average Bonchev–Trinajstić information content (AvgIpc) is 2.67. The van der Waals surface area contributed by atoms with E-state index in [0.29, 0.717) is 15.8 Å². The van der Waals surface area contributed by atoms with Crippen LogP contribution in [0.15, 0.2) is 17.3 Å². The van der Waals surface area contributed by atoms with E-state index in [4.69, 9.17) is 27.5 Å². The first-order valence-corrected chi connectivity index (χ1v) is 6.62. The maximum atomic E-state index is 7.43. The molecule has 6 heteroatoms. The van der Waals surface area contributed by atoms with E-state index in [2.05, 4.69) is 4.98 Å². The molecule has 0 aliphatic carbocycles. The van der Waals surface area contributed by atoms with Crippen molar-refractivity contribution in [2.24, 2.45) is 5.73 Å². The lowest BCUT2D eigenvalue weighted by Gasteiger charge is -2.14. The van der Waals surface area contributed by atoms with Gasteiger partial charge in [-0.25, -0.2) is 4.98 Å². The molecule has 0 bridgehead atoms. The van der Waals surface area contributed by atoms with Gasteiger partial charge in [-0.3, -0.25) is 5.41 Å². The summed E-state index contributed by atoms with van der Waals surface area (Å²) in [6, 6.07) is 1.66. The van der Waals surface area contributed by atoms with Crippen molar-refractivity contribution in [1.29, 1.82) is 5.41 Å². The monoisotopic (exact) mass is 271 g/mol. The third kappa shape index (κ3) is 2.73. The van der Waals surface area contributed by atoms with Crippen LogP contribution in [-0.4, -0.2) is 28.8 Å². The van der Waals surface area contributed by atoms with Crippen LogP contribution in [0, 0.1) is 5.41 Å². The number of amidine groups is 1. The van der Waals surface area contributed by atoms with Crippen molar-refractivity contribution in [1.82, 2.24) is 4.98 Å². The SMILES string of the molecule is CC1OCCC1Sc1nccc(C(=N)N)c1Cl. The number of nitrogens with zero attached hydrogens (tertiary/aromatic N) is 1. The van der Waals surface area contributed by atoms with Crippen LogP contribution in [0.1, 0.15) is 18.9 Å². The second kappa shape index (κ2) is 5.25. The number of aromatic nitrogens is 1. The topological polar surface area (TPSA) is 72.0 Å². The summed E-state index contributed by atoms with van der Waals surface area (Å²) in [6.45, 7) is 2.83. The first-order valence-electron chi connectivity index (χ1n) is 5.36. The van der Waals surface area contributed by atoms with Gasteiger partial charge in [-0.15, -0.1) is 0 Å². The second-order valence-electron chi connectivity index (χ2n) is 3.91. The highest BCUT2D eigenvalue weighted by Crippen LogP contribution is 2.36. The number of hydrogen-bond donors (Lipinski definition) is 2. The Kier molecular flexibility index (Phi) is 3.91. The quantitative estimate of drug-likeness (QED) is 0.654. The Balaban J connectivity index is 2.21. The van der Waals surface area contributed by atoms with E-state index in [0.717, 1.165) is 18.1 Å². The fraction of sp³-hybridized carbons (Fsp3) is 0.455. The maximum Gasteiger partial charge on any atom is 0.124 e. The average molecular weight is 272 g/mol. The molecule has 3 N–H and O–H groups in total. The molecule has 1 aromatic rings. The van der Waals surface area contributed by atoms with E-state index in [1.165, 1.54) is 0 Å². The summed E-state index contributed by atoms with van der Waals surface area (Å²) in [5.41, 5.74) is 5.99. The van der Waals surface area contributed by atoms with Crippen molar-refractivity contribution >= 4 is 29.2 Å². The first-order chi connectivity index (χ1) is 8.09. The maximum absolute atomic E-state index is 7.43. The highest BCUT2D eigenvalue weighted by atomic mass is 35.5. The zero-order valence-corrected chi connectivity index (χ0v) is 11.0. The third-order valence-electron chi connectivity index (χ3n) is 2.72. The van der Waals surface area contributed by atoms with Crippen LogP contribution in [-0.2, 0) is 4.74 Å². The predicted molar refractivity (Wildman–Crippen MR) is 69.9 cm³/mol. The van der Waals surface area contributed by atoms with Crippen LogP contribution >= 0.6 is 23.4 Å². The van der Waals surface area contributed by atoms with E-state index in [1.807, 2.05) is 6.92 Å². The molecule has 1 aliphatic rings. The molecule has 4 nitrogen and oxygen atoms in total. The predicted octanol–water partition coefficient (Wildman–Crippen LogP) is 2.29. The molecule has 0 amide bonds. The van der Waals surface area contributed by atoms with Crippen LogP contribution in [0.25, 0.3) is 0 Å². The summed E-state index contributed by atoms with van der Waals surface area (Å²) < 4.78 is 5.50. The van der Waals surface area contributed by atoms with Gasteiger partial charge in [0.15, 0.2) is 0 Å². The molecule has 1 saturated heterocycles. The molecule has 17 heavy (non-hydrogen) atoms. The van der Waals surface area contributed by atoms with Gasteiger partial charge in [0.2, 0.25) is 0 Å². The molecule has 0 aromatic carbocycles. The van der Waals surface area contributed by atoms with Crippen LogP contribution in [0.4, 0.5) is 0 Å². The molecule has 0 radical (unpaired) electrons. The standard InChI is InChI=1S/C11H14ClN3OS/c1-6-8(3-5-16-6)17-11-9(12)7(10(13)14)2-4-15-11/h2,4,6,8H,3,5H2,1H3,(H3,13,14). The highest BCUT2D eigenvalue weighted by molar-refractivity contribution is 8.00. The van der Waals surface area contributed by atoms with E-state index in [-0.39, 0.29) is 11.9 Å². The molecule has 2 rings (SSSR count). The van der Waals surface area contributed by atoms with Gasteiger partial charge in [-0.2, -0.15) is 0 Å². The summed E-state index contributed by atoms with van der Waals surface area (Å²) in [5.74, 6) is -0.0324. The molecule has 0 spiro atoms. The van der Waals surface area contributed by atoms with Crippen molar-refractivity contribution in [3.63, 3.8) is 0 Å². The minimum Gasteiger partial charge on any atom is -0.384 e. The zero-order chi connectivity index (χ0) is 12.4.